The topological polar surface area (TPSA) is 29.3 Å². The molecule has 1 saturated heterocycles. The Morgan fingerprint density at radius 1 is 1.06 bits per heavy atom. The molecule has 1 aromatic rings. The second-order valence-corrected chi connectivity index (χ2v) is 4.72. The van der Waals surface area contributed by atoms with Gasteiger partial charge in [0.25, 0.3) is 0 Å². The zero-order chi connectivity index (χ0) is 9.97. The largest absolute Gasteiger partial charge is 0.371 e. The Balaban J connectivity index is 0.00000112. The van der Waals surface area contributed by atoms with Gasteiger partial charge in [-0.15, -0.1) is 24.8 Å². The molecule has 0 saturated carbocycles. The fourth-order valence-corrected chi connectivity index (χ4v) is 2.07. The van der Waals surface area contributed by atoms with Crippen molar-refractivity contribution in [2.75, 3.05) is 18.0 Å². The second-order valence-electron chi connectivity index (χ2n) is 3.80. The van der Waals surface area contributed by atoms with Gasteiger partial charge in [0.2, 0.25) is 0 Å². The van der Waals surface area contributed by atoms with E-state index in [1.165, 1.54) is 5.69 Å². The highest BCUT2D eigenvalue weighted by molar-refractivity contribution is 9.10. The van der Waals surface area contributed by atoms with E-state index in [4.69, 9.17) is 5.73 Å². The molecule has 0 bridgehead atoms. The SMILES string of the molecule is Cl.Cl.NC1CCN(c2ccc(Br)cc2)CC1. The average molecular weight is 328 g/mol. The molecule has 0 spiro atoms. The second kappa shape index (κ2) is 7.38. The Morgan fingerprint density at radius 3 is 2.06 bits per heavy atom. The summed E-state index contributed by atoms with van der Waals surface area (Å²) < 4.78 is 1.13. The predicted octanol–water partition coefficient (Wildman–Crippen LogP) is 3.22. The van der Waals surface area contributed by atoms with Crippen LogP contribution in [0.4, 0.5) is 5.69 Å². The minimum atomic E-state index is 0. The Kier molecular flexibility index (Phi) is 7.40. The summed E-state index contributed by atoms with van der Waals surface area (Å²) in [6.45, 7) is 2.17. The van der Waals surface area contributed by atoms with Crippen molar-refractivity contribution in [2.45, 2.75) is 18.9 Å². The minimum Gasteiger partial charge on any atom is -0.371 e. The lowest BCUT2D eigenvalue weighted by Gasteiger charge is -2.32. The van der Waals surface area contributed by atoms with Crippen LogP contribution in [0.5, 0.6) is 0 Å². The molecule has 5 heteroatoms. The van der Waals surface area contributed by atoms with Gasteiger partial charge in [-0.3, -0.25) is 0 Å². The first-order chi connectivity index (χ1) is 6.75. The fraction of sp³-hybridized carbons (Fsp3) is 0.455. The summed E-state index contributed by atoms with van der Waals surface area (Å²) in [4.78, 5) is 2.40. The molecular formula is C11H17BrCl2N2. The van der Waals surface area contributed by atoms with Crippen LogP contribution >= 0.6 is 40.7 Å². The van der Waals surface area contributed by atoms with Gasteiger partial charge in [0.1, 0.15) is 0 Å². The van der Waals surface area contributed by atoms with Crippen molar-refractivity contribution in [1.82, 2.24) is 0 Å². The van der Waals surface area contributed by atoms with E-state index in [0.29, 0.717) is 6.04 Å². The van der Waals surface area contributed by atoms with Gasteiger partial charge in [-0.1, -0.05) is 15.9 Å². The lowest BCUT2D eigenvalue weighted by atomic mass is 10.1. The summed E-state index contributed by atoms with van der Waals surface area (Å²) in [5, 5.41) is 0. The van der Waals surface area contributed by atoms with Crippen molar-refractivity contribution in [1.29, 1.82) is 0 Å². The summed E-state index contributed by atoms with van der Waals surface area (Å²) in [7, 11) is 0. The molecule has 1 aliphatic rings. The Morgan fingerprint density at radius 2 is 1.56 bits per heavy atom. The van der Waals surface area contributed by atoms with E-state index in [-0.39, 0.29) is 24.8 Å². The van der Waals surface area contributed by atoms with Crippen LogP contribution in [0.1, 0.15) is 12.8 Å². The lowest BCUT2D eigenvalue weighted by molar-refractivity contribution is 0.501. The van der Waals surface area contributed by atoms with Gasteiger partial charge in [-0.2, -0.15) is 0 Å². The maximum Gasteiger partial charge on any atom is 0.0366 e. The molecule has 0 atom stereocenters. The zero-order valence-corrected chi connectivity index (χ0v) is 12.2. The highest BCUT2D eigenvalue weighted by Crippen LogP contribution is 2.21. The molecule has 0 aromatic heterocycles. The van der Waals surface area contributed by atoms with Crippen LogP contribution in [-0.2, 0) is 0 Å². The smallest absolute Gasteiger partial charge is 0.0366 e. The molecule has 0 unspecified atom stereocenters. The minimum absolute atomic E-state index is 0. The zero-order valence-electron chi connectivity index (χ0n) is 8.93. The molecular weight excluding hydrogens is 311 g/mol. The highest BCUT2D eigenvalue weighted by Gasteiger charge is 2.15. The highest BCUT2D eigenvalue weighted by atomic mass is 79.9. The lowest BCUT2D eigenvalue weighted by Crippen LogP contribution is -2.39. The van der Waals surface area contributed by atoms with Crippen LogP contribution < -0.4 is 10.6 Å². The van der Waals surface area contributed by atoms with Gasteiger partial charge in [0.15, 0.2) is 0 Å². The quantitative estimate of drug-likeness (QED) is 0.858. The van der Waals surface area contributed by atoms with Crippen LogP contribution in [0.2, 0.25) is 0 Å². The van der Waals surface area contributed by atoms with Crippen molar-refractivity contribution in [3.8, 4) is 0 Å². The molecule has 1 aliphatic heterocycles. The molecule has 0 aliphatic carbocycles. The van der Waals surface area contributed by atoms with E-state index in [0.717, 1.165) is 30.4 Å². The fourth-order valence-electron chi connectivity index (χ4n) is 1.81. The third kappa shape index (κ3) is 4.13. The summed E-state index contributed by atoms with van der Waals surface area (Å²) >= 11 is 3.44. The molecule has 2 rings (SSSR count). The number of anilines is 1. The molecule has 2 N–H and O–H groups in total. The predicted molar refractivity (Wildman–Crippen MR) is 78.1 cm³/mol. The van der Waals surface area contributed by atoms with Crippen LogP contribution in [0.3, 0.4) is 0 Å². The maximum atomic E-state index is 5.86. The van der Waals surface area contributed by atoms with Gasteiger partial charge < -0.3 is 10.6 Å². The van der Waals surface area contributed by atoms with Gasteiger partial charge >= 0.3 is 0 Å². The van der Waals surface area contributed by atoms with Gasteiger partial charge in [-0.05, 0) is 37.1 Å². The first kappa shape index (κ1) is 16.0. The normalized spacial score (nSPS) is 16.2. The first-order valence-electron chi connectivity index (χ1n) is 5.02. The molecule has 1 aromatic carbocycles. The van der Waals surface area contributed by atoms with Crippen molar-refractivity contribution in [3.05, 3.63) is 28.7 Å². The number of rotatable bonds is 1. The van der Waals surface area contributed by atoms with E-state index in [1.54, 1.807) is 0 Å². The molecule has 1 fully saturated rings. The first-order valence-corrected chi connectivity index (χ1v) is 5.81. The van der Waals surface area contributed by atoms with E-state index in [2.05, 4.69) is 45.1 Å². The Hall–Kier alpha value is 0.0400. The number of piperidine rings is 1. The molecule has 0 radical (unpaired) electrons. The molecule has 0 amide bonds. The summed E-state index contributed by atoms with van der Waals surface area (Å²) in [6, 6.07) is 8.89. The van der Waals surface area contributed by atoms with Gasteiger partial charge in [0, 0.05) is 29.3 Å². The number of nitrogens with zero attached hydrogens (tertiary/aromatic N) is 1. The van der Waals surface area contributed by atoms with E-state index < -0.39 is 0 Å². The van der Waals surface area contributed by atoms with Crippen LogP contribution in [0, 0.1) is 0 Å². The van der Waals surface area contributed by atoms with Gasteiger partial charge in [0.05, 0.1) is 0 Å². The Bertz CT molecular complexity index is 297. The van der Waals surface area contributed by atoms with Crippen LogP contribution in [0.15, 0.2) is 28.7 Å². The summed E-state index contributed by atoms with van der Waals surface area (Å²) in [5.41, 5.74) is 7.17. The third-order valence-electron chi connectivity index (χ3n) is 2.73. The van der Waals surface area contributed by atoms with Crippen LogP contribution in [0.25, 0.3) is 0 Å². The van der Waals surface area contributed by atoms with Crippen molar-refractivity contribution in [3.63, 3.8) is 0 Å². The third-order valence-corrected chi connectivity index (χ3v) is 3.26. The van der Waals surface area contributed by atoms with Crippen molar-refractivity contribution >= 4 is 46.4 Å². The van der Waals surface area contributed by atoms with E-state index in [9.17, 15) is 0 Å². The molecule has 92 valence electrons. The molecule has 2 nitrogen and oxygen atoms in total. The number of benzene rings is 1. The van der Waals surface area contributed by atoms with Crippen LogP contribution in [-0.4, -0.2) is 19.1 Å². The van der Waals surface area contributed by atoms with Crippen molar-refractivity contribution in [2.24, 2.45) is 5.73 Å². The number of halogens is 3. The summed E-state index contributed by atoms with van der Waals surface area (Å²) in [6.07, 6.45) is 2.21. The monoisotopic (exact) mass is 326 g/mol. The van der Waals surface area contributed by atoms with E-state index >= 15 is 0 Å². The van der Waals surface area contributed by atoms with Crippen molar-refractivity contribution < 1.29 is 0 Å². The van der Waals surface area contributed by atoms with Gasteiger partial charge in [-0.25, -0.2) is 0 Å². The summed E-state index contributed by atoms with van der Waals surface area (Å²) in [5.74, 6) is 0. The standard InChI is InChI=1S/C11H15BrN2.2ClH/c12-9-1-3-11(4-2-9)14-7-5-10(13)6-8-14;;/h1-4,10H,5-8,13H2;2*1H. The average Bonchev–Trinajstić information content (AvgIpc) is 2.21. The molecule has 1 heterocycles. The Labute approximate surface area is 118 Å². The number of hydrogen-bond donors (Lipinski definition) is 1. The molecule has 16 heavy (non-hydrogen) atoms. The maximum absolute atomic E-state index is 5.86. The number of nitrogens with two attached hydrogens (primary N) is 1. The number of hydrogen-bond acceptors (Lipinski definition) is 2. The van der Waals surface area contributed by atoms with E-state index in [1.807, 2.05) is 0 Å².